The highest BCUT2D eigenvalue weighted by molar-refractivity contribution is 5.34. The zero-order valence-electron chi connectivity index (χ0n) is 9.64. The molecule has 0 bridgehead atoms. The van der Waals surface area contributed by atoms with E-state index in [1.807, 2.05) is 37.3 Å². The molecule has 2 aromatic rings. The molecular weight excluding hydrogens is 196 g/mol. The second kappa shape index (κ2) is 4.45. The molecule has 16 heavy (non-hydrogen) atoms. The third kappa shape index (κ3) is 2.12. The monoisotopic (exact) mass is 212 g/mol. The molecule has 0 aliphatic rings. The van der Waals surface area contributed by atoms with Gasteiger partial charge in [-0.1, -0.05) is 30.3 Å². The Morgan fingerprint density at radius 1 is 1.00 bits per heavy atom. The van der Waals surface area contributed by atoms with Gasteiger partial charge in [-0.3, -0.25) is 4.98 Å². The van der Waals surface area contributed by atoms with Gasteiger partial charge in [-0.05, 0) is 37.1 Å². The fourth-order valence-corrected chi connectivity index (χ4v) is 1.83. The first-order valence-electron chi connectivity index (χ1n) is 5.43. The molecule has 2 N–H and O–H groups in total. The maximum absolute atomic E-state index is 6.22. The quantitative estimate of drug-likeness (QED) is 0.831. The molecule has 0 amide bonds. The molecule has 0 fully saturated rings. The minimum atomic E-state index is -0.138. The van der Waals surface area contributed by atoms with Gasteiger partial charge in [-0.25, -0.2) is 0 Å². The molecule has 1 aromatic carbocycles. The minimum absolute atomic E-state index is 0.138. The van der Waals surface area contributed by atoms with Crippen molar-refractivity contribution in [2.24, 2.45) is 5.73 Å². The van der Waals surface area contributed by atoms with Gasteiger partial charge in [-0.2, -0.15) is 0 Å². The van der Waals surface area contributed by atoms with E-state index in [0.29, 0.717) is 0 Å². The predicted molar refractivity (Wildman–Crippen MR) is 66.2 cm³/mol. The van der Waals surface area contributed by atoms with Crippen LogP contribution in [0.15, 0.2) is 42.5 Å². The summed E-state index contributed by atoms with van der Waals surface area (Å²) in [6.45, 7) is 4.05. The summed E-state index contributed by atoms with van der Waals surface area (Å²) < 4.78 is 0. The van der Waals surface area contributed by atoms with Gasteiger partial charge in [0.05, 0.1) is 11.7 Å². The molecule has 2 rings (SSSR count). The molecule has 2 heteroatoms. The van der Waals surface area contributed by atoms with Gasteiger partial charge >= 0.3 is 0 Å². The van der Waals surface area contributed by atoms with E-state index >= 15 is 0 Å². The van der Waals surface area contributed by atoms with Crippen molar-refractivity contribution in [1.82, 2.24) is 4.98 Å². The second-order valence-corrected chi connectivity index (χ2v) is 4.04. The summed E-state index contributed by atoms with van der Waals surface area (Å²) in [6.07, 6.45) is 0. The standard InChI is InChI=1S/C14H16N2/c1-10-6-3-4-8-12(10)14(15)13-9-5-7-11(2)16-13/h3-9,14H,15H2,1-2H3. The SMILES string of the molecule is Cc1cccc(C(N)c2ccccc2C)n1. The molecule has 0 saturated heterocycles. The van der Waals surface area contributed by atoms with E-state index in [1.165, 1.54) is 5.56 Å². The van der Waals surface area contributed by atoms with E-state index in [0.717, 1.165) is 17.0 Å². The summed E-state index contributed by atoms with van der Waals surface area (Å²) in [4.78, 5) is 4.47. The van der Waals surface area contributed by atoms with E-state index < -0.39 is 0 Å². The number of hydrogen-bond donors (Lipinski definition) is 1. The Bertz CT molecular complexity index is 492. The van der Waals surface area contributed by atoms with Crippen LogP contribution in [0.1, 0.15) is 28.6 Å². The lowest BCUT2D eigenvalue weighted by atomic mass is 9.99. The Kier molecular flexibility index (Phi) is 3.02. The van der Waals surface area contributed by atoms with Crippen LogP contribution in [-0.4, -0.2) is 4.98 Å². The van der Waals surface area contributed by atoms with Crippen LogP contribution >= 0.6 is 0 Å². The fraction of sp³-hybridized carbons (Fsp3) is 0.214. The van der Waals surface area contributed by atoms with Crippen LogP contribution in [0, 0.1) is 13.8 Å². The number of pyridine rings is 1. The van der Waals surface area contributed by atoms with Gasteiger partial charge in [0, 0.05) is 5.69 Å². The maximum Gasteiger partial charge on any atom is 0.0729 e. The van der Waals surface area contributed by atoms with E-state index in [4.69, 9.17) is 5.73 Å². The molecule has 0 spiro atoms. The largest absolute Gasteiger partial charge is 0.319 e. The third-order valence-electron chi connectivity index (χ3n) is 2.75. The highest BCUT2D eigenvalue weighted by atomic mass is 14.8. The second-order valence-electron chi connectivity index (χ2n) is 4.04. The summed E-state index contributed by atoms with van der Waals surface area (Å²) in [6, 6.07) is 14.0. The van der Waals surface area contributed by atoms with Crippen molar-refractivity contribution in [2.45, 2.75) is 19.9 Å². The van der Waals surface area contributed by atoms with Crippen LogP contribution in [0.4, 0.5) is 0 Å². The average Bonchev–Trinajstić information content (AvgIpc) is 2.29. The Hall–Kier alpha value is -1.67. The molecule has 0 aliphatic heterocycles. The van der Waals surface area contributed by atoms with E-state index in [-0.39, 0.29) is 6.04 Å². The van der Waals surface area contributed by atoms with Gasteiger partial charge < -0.3 is 5.73 Å². The van der Waals surface area contributed by atoms with Crippen LogP contribution < -0.4 is 5.73 Å². The minimum Gasteiger partial charge on any atom is -0.319 e. The van der Waals surface area contributed by atoms with Crippen LogP contribution in [0.2, 0.25) is 0 Å². The molecule has 82 valence electrons. The first-order chi connectivity index (χ1) is 7.68. The van der Waals surface area contributed by atoms with Crippen LogP contribution in [-0.2, 0) is 0 Å². The number of aryl methyl sites for hydroxylation is 2. The zero-order chi connectivity index (χ0) is 11.5. The summed E-state index contributed by atoms with van der Waals surface area (Å²) >= 11 is 0. The van der Waals surface area contributed by atoms with Gasteiger partial charge in [0.2, 0.25) is 0 Å². The Morgan fingerprint density at radius 3 is 2.44 bits per heavy atom. The lowest BCUT2D eigenvalue weighted by Gasteiger charge is -2.14. The Morgan fingerprint density at radius 2 is 1.75 bits per heavy atom. The van der Waals surface area contributed by atoms with Crippen molar-refractivity contribution in [2.75, 3.05) is 0 Å². The number of aromatic nitrogens is 1. The van der Waals surface area contributed by atoms with Gasteiger partial charge in [0.25, 0.3) is 0 Å². The fourth-order valence-electron chi connectivity index (χ4n) is 1.83. The topological polar surface area (TPSA) is 38.9 Å². The molecule has 2 nitrogen and oxygen atoms in total. The van der Waals surface area contributed by atoms with Crippen LogP contribution in [0.5, 0.6) is 0 Å². The number of nitrogens with zero attached hydrogens (tertiary/aromatic N) is 1. The highest BCUT2D eigenvalue weighted by Crippen LogP contribution is 2.20. The van der Waals surface area contributed by atoms with E-state index in [9.17, 15) is 0 Å². The third-order valence-corrected chi connectivity index (χ3v) is 2.75. The van der Waals surface area contributed by atoms with Crippen molar-refractivity contribution >= 4 is 0 Å². The van der Waals surface area contributed by atoms with Crippen molar-refractivity contribution in [3.8, 4) is 0 Å². The van der Waals surface area contributed by atoms with Gasteiger partial charge in [0.15, 0.2) is 0 Å². The van der Waals surface area contributed by atoms with Gasteiger partial charge in [0.1, 0.15) is 0 Å². The zero-order valence-corrected chi connectivity index (χ0v) is 9.64. The van der Waals surface area contributed by atoms with Crippen molar-refractivity contribution in [1.29, 1.82) is 0 Å². The van der Waals surface area contributed by atoms with Crippen molar-refractivity contribution in [3.63, 3.8) is 0 Å². The summed E-state index contributed by atoms with van der Waals surface area (Å²) in [5, 5.41) is 0. The molecule has 1 heterocycles. The Labute approximate surface area is 96.1 Å². The first-order valence-corrected chi connectivity index (χ1v) is 5.43. The number of benzene rings is 1. The normalized spacial score (nSPS) is 12.4. The molecule has 1 aromatic heterocycles. The molecule has 1 atom stereocenters. The summed E-state index contributed by atoms with van der Waals surface area (Å²) in [5.41, 5.74) is 10.5. The lowest BCUT2D eigenvalue weighted by molar-refractivity contribution is 0.814. The van der Waals surface area contributed by atoms with Crippen LogP contribution in [0.3, 0.4) is 0 Å². The maximum atomic E-state index is 6.22. The molecule has 0 saturated carbocycles. The smallest absolute Gasteiger partial charge is 0.0729 e. The highest BCUT2D eigenvalue weighted by Gasteiger charge is 2.11. The molecular formula is C14H16N2. The number of rotatable bonds is 2. The lowest BCUT2D eigenvalue weighted by Crippen LogP contribution is -2.15. The van der Waals surface area contributed by atoms with Crippen molar-refractivity contribution < 1.29 is 0 Å². The molecule has 0 aliphatic carbocycles. The number of hydrogen-bond acceptors (Lipinski definition) is 2. The van der Waals surface area contributed by atoms with Crippen LogP contribution in [0.25, 0.3) is 0 Å². The van der Waals surface area contributed by atoms with Gasteiger partial charge in [-0.15, -0.1) is 0 Å². The average molecular weight is 212 g/mol. The van der Waals surface area contributed by atoms with E-state index in [1.54, 1.807) is 0 Å². The summed E-state index contributed by atoms with van der Waals surface area (Å²) in [5.74, 6) is 0. The molecule has 1 unspecified atom stereocenters. The predicted octanol–water partition coefficient (Wildman–Crippen LogP) is 2.75. The first kappa shape index (κ1) is 10.8. The summed E-state index contributed by atoms with van der Waals surface area (Å²) in [7, 11) is 0. The van der Waals surface area contributed by atoms with Crippen molar-refractivity contribution in [3.05, 3.63) is 65.0 Å². The Balaban J connectivity index is 2.39. The van der Waals surface area contributed by atoms with E-state index in [2.05, 4.69) is 24.0 Å². The number of nitrogens with two attached hydrogens (primary N) is 1. The molecule has 0 radical (unpaired) electrons.